The number of piperidine rings is 1. The normalized spacial score (nSPS) is 16.6. The smallest absolute Gasteiger partial charge is 0.360 e. The number of anilines is 1. The number of pyridine rings is 1. The van der Waals surface area contributed by atoms with Crippen molar-refractivity contribution in [1.82, 2.24) is 29.8 Å². The highest BCUT2D eigenvalue weighted by Gasteiger charge is 2.36. The first-order valence-electron chi connectivity index (χ1n) is 12.5. The Morgan fingerprint density at radius 1 is 0.975 bits per heavy atom. The van der Waals surface area contributed by atoms with E-state index >= 15 is 0 Å². The topological polar surface area (TPSA) is 83.5 Å². The van der Waals surface area contributed by atoms with Crippen LogP contribution in [0.4, 0.5) is 32.3 Å². The van der Waals surface area contributed by atoms with Gasteiger partial charge >= 0.3 is 12.4 Å². The van der Waals surface area contributed by atoms with Crippen LogP contribution in [0.15, 0.2) is 49.1 Å². The summed E-state index contributed by atoms with van der Waals surface area (Å²) in [4.78, 5) is 14.8. The number of halogens is 6. The van der Waals surface area contributed by atoms with Gasteiger partial charge in [-0.1, -0.05) is 12.1 Å². The summed E-state index contributed by atoms with van der Waals surface area (Å²) in [5.41, 5.74) is 0.274. The Labute approximate surface area is 223 Å². The van der Waals surface area contributed by atoms with E-state index in [1.807, 2.05) is 0 Å². The Morgan fingerprint density at radius 2 is 1.80 bits per heavy atom. The molecule has 1 atom stereocenters. The molecule has 0 unspecified atom stereocenters. The number of nitrogens with zero attached hydrogens (tertiary/aromatic N) is 4. The van der Waals surface area contributed by atoms with Crippen LogP contribution in [0.3, 0.4) is 0 Å². The van der Waals surface area contributed by atoms with E-state index in [4.69, 9.17) is 0 Å². The van der Waals surface area contributed by atoms with Crippen molar-refractivity contribution in [2.75, 3.05) is 18.4 Å². The average Bonchev–Trinajstić information content (AvgIpc) is 3.48. The minimum absolute atomic E-state index is 0.00580. The van der Waals surface area contributed by atoms with Gasteiger partial charge in [0.15, 0.2) is 0 Å². The fraction of sp³-hybridized carbons (Fsp3) is 0.296. The molecular formula is C27H23F6N7. The molecule has 0 saturated carbocycles. The van der Waals surface area contributed by atoms with E-state index in [0.717, 1.165) is 31.6 Å². The second-order valence-corrected chi connectivity index (χ2v) is 9.84. The molecule has 3 N–H and O–H groups in total. The molecule has 0 aliphatic carbocycles. The minimum atomic E-state index is -4.67. The summed E-state index contributed by atoms with van der Waals surface area (Å²) in [6.45, 7) is 1.55. The van der Waals surface area contributed by atoms with Crippen molar-refractivity contribution in [1.29, 1.82) is 0 Å². The monoisotopic (exact) mass is 559 g/mol. The summed E-state index contributed by atoms with van der Waals surface area (Å²) < 4.78 is 83.0. The molecule has 5 aromatic rings. The van der Waals surface area contributed by atoms with Crippen LogP contribution in [0, 0.1) is 0 Å². The van der Waals surface area contributed by atoms with E-state index in [9.17, 15) is 26.3 Å². The standard InChI is InChI=1S/C27H23F6N7/c1-40-13-19(17-10-36-23(8-22(17)40)27(31,32)33)14-4-5-16-18(11-35-21(16)7-14)24-20(26(28,29)30)12-37-25(39-24)38-15-3-2-6-34-9-15/h4-5,7-8,10-13,15,34-35H,2-3,6,9H2,1H3,(H,37,38,39)/t15-/m0/s1. The van der Waals surface area contributed by atoms with Gasteiger partial charge in [0.1, 0.15) is 11.3 Å². The van der Waals surface area contributed by atoms with E-state index in [1.54, 1.807) is 36.0 Å². The number of hydrogen-bond donors (Lipinski definition) is 3. The molecule has 1 saturated heterocycles. The zero-order chi connectivity index (χ0) is 28.2. The maximum atomic E-state index is 14.0. The molecule has 1 fully saturated rings. The molecule has 4 aromatic heterocycles. The largest absolute Gasteiger partial charge is 0.433 e. The van der Waals surface area contributed by atoms with E-state index < -0.39 is 23.6 Å². The molecule has 6 rings (SSSR count). The molecule has 208 valence electrons. The zero-order valence-electron chi connectivity index (χ0n) is 21.1. The Morgan fingerprint density at radius 3 is 2.52 bits per heavy atom. The minimum Gasteiger partial charge on any atom is -0.360 e. The molecule has 0 spiro atoms. The van der Waals surface area contributed by atoms with Gasteiger partial charge in [0.2, 0.25) is 5.95 Å². The van der Waals surface area contributed by atoms with E-state index in [2.05, 4.69) is 30.6 Å². The quantitative estimate of drug-likeness (QED) is 0.223. The fourth-order valence-electron chi connectivity index (χ4n) is 5.17. The molecule has 1 aliphatic heterocycles. The van der Waals surface area contributed by atoms with E-state index in [0.29, 0.717) is 39.5 Å². The Kier molecular flexibility index (Phi) is 6.21. The number of nitrogens with one attached hydrogen (secondary N) is 3. The van der Waals surface area contributed by atoms with Gasteiger partial charge in [-0.05, 0) is 37.1 Å². The molecule has 5 heterocycles. The van der Waals surface area contributed by atoms with Crippen molar-refractivity contribution in [2.45, 2.75) is 31.2 Å². The lowest BCUT2D eigenvalue weighted by molar-refractivity contribution is -0.141. The van der Waals surface area contributed by atoms with Gasteiger partial charge in [0.25, 0.3) is 0 Å². The third-order valence-electron chi connectivity index (χ3n) is 7.14. The number of rotatable bonds is 4. The van der Waals surface area contributed by atoms with E-state index in [1.165, 1.54) is 12.4 Å². The first-order chi connectivity index (χ1) is 19.0. The highest BCUT2D eigenvalue weighted by atomic mass is 19.4. The van der Waals surface area contributed by atoms with E-state index in [-0.39, 0.29) is 23.2 Å². The number of H-pyrrole nitrogens is 1. The second kappa shape index (κ2) is 9.51. The van der Waals surface area contributed by atoms with Gasteiger partial charge in [-0.2, -0.15) is 26.3 Å². The Bertz CT molecular complexity index is 1710. The zero-order valence-corrected chi connectivity index (χ0v) is 21.1. The fourth-order valence-corrected chi connectivity index (χ4v) is 5.17. The number of aromatic amines is 1. The molecule has 40 heavy (non-hydrogen) atoms. The van der Waals surface area contributed by atoms with Gasteiger partial charge in [0.05, 0.1) is 11.2 Å². The molecule has 1 aromatic carbocycles. The lowest BCUT2D eigenvalue weighted by Crippen LogP contribution is -2.38. The van der Waals surface area contributed by atoms with Crippen LogP contribution in [0.2, 0.25) is 0 Å². The van der Waals surface area contributed by atoms with Crippen LogP contribution in [-0.2, 0) is 19.4 Å². The van der Waals surface area contributed by atoms with Crippen molar-refractivity contribution in [3.8, 4) is 22.4 Å². The lowest BCUT2D eigenvalue weighted by atomic mass is 10.0. The number of aromatic nitrogens is 5. The third-order valence-corrected chi connectivity index (χ3v) is 7.14. The molecule has 0 amide bonds. The summed E-state index contributed by atoms with van der Waals surface area (Å²) in [6.07, 6.45) is -2.31. The molecule has 0 bridgehead atoms. The van der Waals surface area contributed by atoms with Gasteiger partial charge in [-0.3, -0.25) is 4.98 Å². The van der Waals surface area contributed by atoms with Gasteiger partial charge in [0, 0.05) is 71.8 Å². The third kappa shape index (κ3) is 4.74. The Hall–Kier alpha value is -4.13. The van der Waals surface area contributed by atoms with Crippen LogP contribution >= 0.6 is 0 Å². The summed E-state index contributed by atoms with van der Waals surface area (Å²) in [5.74, 6) is 0.115. The first kappa shape index (κ1) is 26.1. The van der Waals surface area contributed by atoms with Crippen LogP contribution in [-0.4, -0.2) is 43.6 Å². The number of hydrogen-bond acceptors (Lipinski definition) is 5. The maximum Gasteiger partial charge on any atom is 0.433 e. The first-order valence-corrected chi connectivity index (χ1v) is 12.5. The van der Waals surface area contributed by atoms with Gasteiger partial charge in [-0.25, -0.2) is 9.97 Å². The maximum absolute atomic E-state index is 14.0. The van der Waals surface area contributed by atoms with Crippen molar-refractivity contribution in [2.24, 2.45) is 7.05 Å². The average molecular weight is 560 g/mol. The molecule has 13 heteroatoms. The summed E-state index contributed by atoms with van der Waals surface area (Å²) in [7, 11) is 1.64. The van der Waals surface area contributed by atoms with Gasteiger partial charge < -0.3 is 20.2 Å². The van der Waals surface area contributed by atoms with Crippen molar-refractivity contribution >= 4 is 27.8 Å². The van der Waals surface area contributed by atoms with Crippen molar-refractivity contribution in [3.63, 3.8) is 0 Å². The number of fused-ring (bicyclic) bond motifs is 2. The summed E-state index contributed by atoms with van der Waals surface area (Å²) >= 11 is 0. The number of aryl methyl sites for hydroxylation is 1. The molecular weight excluding hydrogens is 536 g/mol. The number of benzene rings is 1. The van der Waals surface area contributed by atoms with Crippen LogP contribution in [0.1, 0.15) is 24.1 Å². The predicted octanol–water partition coefficient (Wildman–Crippen LogP) is 6.38. The molecule has 7 nitrogen and oxygen atoms in total. The number of alkyl halides is 6. The second-order valence-electron chi connectivity index (χ2n) is 9.84. The predicted molar refractivity (Wildman–Crippen MR) is 139 cm³/mol. The van der Waals surface area contributed by atoms with Crippen molar-refractivity contribution in [3.05, 3.63) is 60.3 Å². The van der Waals surface area contributed by atoms with Crippen LogP contribution in [0.25, 0.3) is 44.2 Å². The van der Waals surface area contributed by atoms with Crippen LogP contribution in [0.5, 0.6) is 0 Å². The Balaban J connectivity index is 1.41. The molecule has 0 radical (unpaired) electrons. The van der Waals surface area contributed by atoms with Gasteiger partial charge in [-0.15, -0.1) is 0 Å². The SMILES string of the molecule is Cn1cc(-c2ccc3c(-c4nc(N[C@H]5CCCNC5)ncc4C(F)(F)F)c[nH]c3c2)c2cnc(C(F)(F)F)cc21. The lowest BCUT2D eigenvalue weighted by Gasteiger charge is -2.24. The molecule has 1 aliphatic rings. The van der Waals surface area contributed by atoms with Crippen LogP contribution < -0.4 is 10.6 Å². The highest BCUT2D eigenvalue weighted by Crippen LogP contribution is 2.40. The highest BCUT2D eigenvalue weighted by molar-refractivity contribution is 6.01. The summed E-state index contributed by atoms with van der Waals surface area (Å²) in [6, 6.07) is 6.13. The van der Waals surface area contributed by atoms with Crippen molar-refractivity contribution < 1.29 is 26.3 Å². The summed E-state index contributed by atoms with van der Waals surface area (Å²) in [5, 5.41) is 7.40.